The van der Waals surface area contributed by atoms with Crippen LogP contribution in [-0.2, 0) is 0 Å². The fourth-order valence-corrected chi connectivity index (χ4v) is 1.91. The van der Waals surface area contributed by atoms with E-state index in [0.717, 1.165) is 16.5 Å². The van der Waals surface area contributed by atoms with E-state index < -0.39 is 0 Å². The van der Waals surface area contributed by atoms with Crippen molar-refractivity contribution in [3.8, 4) is 5.19 Å². The Hall–Kier alpha value is -1.42. The first kappa shape index (κ1) is 8.19. The van der Waals surface area contributed by atoms with E-state index in [1.165, 1.54) is 11.3 Å². The minimum absolute atomic E-state index is 0.623. The second kappa shape index (κ2) is 3.14. The molecule has 4 heteroatoms. The molecular formula is C9H7NO2S. The number of hydrogen-bond donors (Lipinski definition) is 0. The van der Waals surface area contributed by atoms with Gasteiger partial charge in [-0.3, -0.25) is 4.79 Å². The zero-order valence-corrected chi connectivity index (χ0v) is 7.80. The molecular weight excluding hydrogens is 186 g/mol. The molecule has 0 aliphatic carbocycles. The van der Waals surface area contributed by atoms with E-state index in [4.69, 9.17) is 4.74 Å². The molecule has 0 saturated carbocycles. The van der Waals surface area contributed by atoms with E-state index in [0.29, 0.717) is 10.8 Å². The lowest BCUT2D eigenvalue weighted by molar-refractivity contribution is 0.112. The number of hydrogen-bond acceptors (Lipinski definition) is 4. The minimum Gasteiger partial charge on any atom is -0.473 e. The van der Waals surface area contributed by atoms with Crippen molar-refractivity contribution in [3.05, 3.63) is 23.8 Å². The van der Waals surface area contributed by atoms with Crippen molar-refractivity contribution >= 4 is 27.8 Å². The van der Waals surface area contributed by atoms with Crippen LogP contribution in [0.25, 0.3) is 10.2 Å². The van der Waals surface area contributed by atoms with Gasteiger partial charge in [-0.1, -0.05) is 11.3 Å². The monoisotopic (exact) mass is 193 g/mol. The van der Waals surface area contributed by atoms with Crippen LogP contribution < -0.4 is 4.74 Å². The second-order valence-electron chi connectivity index (χ2n) is 2.53. The lowest BCUT2D eigenvalue weighted by Gasteiger charge is -1.87. The minimum atomic E-state index is 0.623. The SMILES string of the molecule is COc1nc2ccc(C=O)cc2s1. The number of aldehydes is 1. The predicted molar refractivity (Wildman–Crippen MR) is 51.6 cm³/mol. The Morgan fingerprint density at radius 2 is 2.38 bits per heavy atom. The third kappa shape index (κ3) is 1.40. The second-order valence-corrected chi connectivity index (χ2v) is 3.52. The Morgan fingerprint density at radius 3 is 3.08 bits per heavy atom. The molecule has 1 aromatic carbocycles. The van der Waals surface area contributed by atoms with E-state index in [-0.39, 0.29) is 0 Å². The third-order valence-electron chi connectivity index (χ3n) is 1.70. The first-order valence-electron chi connectivity index (χ1n) is 3.73. The molecule has 0 saturated heterocycles. The molecule has 0 atom stereocenters. The smallest absolute Gasteiger partial charge is 0.274 e. The van der Waals surface area contributed by atoms with Gasteiger partial charge in [0, 0.05) is 5.56 Å². The van der Waals surface area contributed by atoms with Crippen molar-refractivity contribution in [1.29, 1.82) is 0 Å². The van der Waals surface area contributed by atoms with Crippen LogP contribution in [0, 0.1) is 0 Å². The van der Waals surface area contributed by atoms with Crippen LogP contribution in [0.4, 0.5) is 0 Å². The fourth-order valence-electron chi connectivity index (χ4n) is 1.08. The highest BCUT2D eigenvalue weighted by Crippen LogP contribution is 2.27. The number of rotatable bonds is 2. The lowest BCUT2D eigenvalue weighted by atomic mass is 10.2. The van der Waals surface area contributed by atoms with Crippen molar-refractivity contribution in [1.82, 2.24) is 4.98 Å². The van der Waals surface area contributed by atoms with Gasteiger partial charge in [-0.05, 0) is 18.2 Å². The lowest BCUT2D eigenvalue weighted by Crippen LogP contribution is -1.79. The average molecular weight is 193 g/mol. The number of aromatic nitrogens is 1. The van der Waals surface area contributed by atoms with E-state index in [1.807, 2.05) is 12.1 Å². The molecule has 3 nitrogen and oxygen atoms in total. The standard InChI is InChI=1S/C9H7NO2S/c1-12-9-10-7-3-2-6(5-11)4-8(7)13-9/h2-5H,1H3. The molecule has 0 amide bonds. The molecule has 0 spiro atoms. The molecule has 0 bridgehead atoms. The van der Waals surface area contributed by atoms with Gasteiger partial charge in [-0.15, -0.1) is 0 Å². The summed E-state index contributed by atoms with van der Waals surface area (Å²) in [6.45, 7) is 0. The predicted octanol–water partition coefficient (Wildman–Crippen LogP) is 2.12. The Labute approximate surface area is 79.0 Å². The van der Waals surface area contributed by atoms with Gasteiger partial charge < -0.3 is 4.74 Å². The molecule has 0 radical (unpaired) electrons. The summed E-state index contributed by atoms with van der Waals surface area (Å²) in [5, 5.41) is 0.623. The summed E-state index contributed by atoms with van der Waals surface area (Å²) >= 11 is 1.43. The number of carbonyl (C=O) groups is 1. The van der Waals surface area contributed by atoms with Crippen LogP contribution in [0.3, 0.4) is 0 Å². The van der Waals surface area contributed by atoms with Crippen molar-refractivity contribution < 1.29 is 9.53 Å². The van der Waals surface area contributed by atoms with Crippen molar-refractivity contribution in [2.24, 2.45) is 0 Å². The van der Waals surface area contributed by atoms with Crippen LogP contribution >= 0.6 is 11.3 Å². The normalized spacial score (nSPS) is 10.2. The molecule has 13 heavy (non-hydrogen) atoms. The van der Waals surface area contributed by atoms with E-state index in [2.05, 4.69) is 4.98 Å². The quantitative estimate of drug-likeness (QED) is 0.686. The molecule has 0 fully saturated rings. The van der Waals surface area contributed by atoms with Crippen LogP contribution in [-0.4, -0.2) is 18.4 Å². The molecule has 2 rings (SSSR count). The molecule has 0 aliphatic rings. The number of nitrogens with zero attached hydrogens (tertiary/aromatic N) is 1. The van der Waals surface area contributed by atoms with Gasteiger partial charge >= 0.3 is 0 Å². The zero-order chi connectivity index (χ0) is 9.26. The molecule has 0 aliphatic heterocycles. The number of methoxy groups -OCH3 is 1. The summed E-state index contributed by atoms with van der Waals surface area (Å²) in [5.74, 6) is 0. The van der Waals surface area contributed by atoms with Crippen LogP contribution in [0.15, 0.2) is 18.2 Å². The molecule has 1 heterocycles. The first-order chi connectivity index (χ1) is 6.33. The average Bonchev–Trinajstić information content (AvgIpc) is 2.58. The third-order valence-corrected chi connectivity index (χ3v) is 2.68. The molecule has 1 aromatic heterocycles. The fraction of sp³-hybridized carbons (Fsp3) is 0.111. The van der Waals surface area contributed by atoms with E-state index in [9.17, 15) is 4.79 Å². The summed E-state index contributed by atoms with van der Waals surface area (Å²) in [7, 11) is 1.58. The maximum atomic E-state index is 10.5. The van der Waals surface area contributed by atoms with Gasteiger partial charge in [-0.2, -0.15) is 0 Å². The highest BCUT2D eigenvalue weighted by Gasteiger charge is 2.03. The number of ether oxygens (including phenoxy) is 1. The maximum Gasteiger partial charge on any atom is 0.274 e. The Bertz CT molecular complexity index is 450. The first-order valence-corrected chi connectivity index (χ1v) is 4.55. The summed E-state index contributed by atoms with van der Waals surface area (Å²) < 4.78 is 5.97. The number of fused-ring (bicyclic) bond motifs is 1. The summed E-state index contributed by atoms with van der Waals surface area (Å²) in [4.78, 5) is 14.7. The van der Waals surface area contributed by atoms with E-state index in [1.54, 1.807) is 13.2 Å². The van der Waals surface area contributed by atoms with Crippen molar-refractivity contribution in [3.63, 3.8) is 0 Å². The van der Waals surface area contributed by atoms with E-state index >= 15 is 0 Å². The molecule has 0 unspecified atom stereocenters. The van der Waals surface area contributed by atoms with Crippen molar-refractivity contribution in [2.75, 3.05) is 7.11 Å². The topological polar surface area (TPSA) is 39.2 Å². The number of benzene rings is 1. The Balaban J connectivity index is 2.63. The number of carbonyl (C=O) groups excluding carboxylic acids is 1. The highest BCUT2D eigenvalue weighted by molar-refractivity contribution is 7.20. The van der Waals surface area contributed by atoms with Gasteiger partial charge in [0.1, 0.15) is 6.29 Å². The van der Waals surface area contributed by atoms with Gasteiger partial charge in [0.15, 0.2) is 0 Å². The highest BCUT2D eigenvalue weighted by atomic mass is 32.1. The molecule has 2 aromatic rings. The summed E-state index contributed by atoms with van der Waals surface area (Å²) in [6, 6.07) is 5.37. The zero-order valence-electron chi connectivity index (χ0n) is 6.98. The molecule has 0 N–H and O–H groups in total. The number of thiazole rings is 1. The Morgan fingerprint density at radius 1 is 1.54 bits per heavy atom. The van der Waals surface area contributed by atoms with Gasteiger partial charge in [0.25, 0.3) is 5.19 Å². The summed E-state index contributed by atoms with van der Waals surface area (Å²) in [5.41, 5.74) is 1.53. The van der Waals surface area contributed by atoms with Gasteiger partial charge in [0.2, 0.25) is 0 Å². The maximum absolute atomic E-state index is 10.5. The van der Waals surface area contributed by atoms with Crippen LogP contribution in [0.2, 0.25) is 0 Å². The van der Waals surface area contributed by atoms with Crippen molar-refractivity contribution in [2.45, 2.75) is 0 Å². The largest absolute Gasteiger partial charge is 0.473 e. The van der Waals surface area contributed by atoms with Gasteiger partial charge in [0.05, 0.1) is 17.3 Å². The Kier molecular flexibility index (Phi) is 1.98. The summed E-state index contributed by atoms with van der Waals surface area (Å²) in [6.07, 6.45) is 0.825. The molecule has 66 valence electrons. The van der Waals surface area contributed by atoms with Crippen LogP contribution in [0.5, 0.6) is 5.19 Å². The van der Waals surface area contributed by atoms with Crippen LogP contribution in [0.1, 0.15) is 10.4 Å². The van der Waals surface area contributed by atoms with Gasteiger partial charge in [-0.25, -0.2) is 4.98 Å².